The Balaban J connectivity index is 1.81. The minimum absolute atomic E-state index is 0.00129. The Morgan fingerprint density at radius 3 is 2.50 bits per heavy atom. The molecular formula is C17H19N3O6. The zero-order valence-electron chi connectivity index (χ0n) is 14.3. The first-order valence-corrected chi connectivity index (χ1v) is 8.38. The third-order valence-electron chi connectivity index (χ3n) is 5.09. The monoisotopic (exact) mass is 361 g/mol. The predicted molar refractivity (Wildman–Crippen MR) is 90.7 cm³/mol. The Morgan fingerprint density at radius 2 is 1.92 bits per heavy atom. The van der Waals surface area contributed by atoms with Gasteiger partial charge >= 0.3 is 5.97 Å². The lowest BCUT2D eigenvalue weighted by Crippen LogP contribution is -2.46. The summed E-state index contributed by atoms with van der Waals surface area (Å²) < 4.78 is 0. The normalized spacial score (nSPS) is 22.0. The fourth-order valence-electron chi connectivity index (χ4n) is 3.56. The molecule has 9 nitrogen and oxygen atoms in total. The number of imide groups is 1. The summed E-state index contributed by atoms with van der Waals surface area (Å²) in [6.45, 7) is 2.55. The van der Waals surface area contributed by atoms with E-state index in [-0.39, 0.29) is 17.8 Å². The van der Waals surface area contributed by atoms with Gasteiger partial charge in [-0.15, -0.1) is 0 Å². The molecule has 26 heavy (non-hydrogen) atoms. The zero-order valence-corrected chi connectivity index (χ0v) is 14.3. The molecule has 2 fully saturated rings. The zero-order chi connectivity index (χ0) is 19.0. The molecule has 9 heteroatoms. The van der Waals surface area contributed by atoms with E-state index in [0.29, 0.717) is 31.5 Å². The van der Waals surface area contributed by atoms with Gasteiger partial charge in [0.2, 0.25) is 5.91 Å². The van der Waals surface area contributed by atoms with Gasteiger partial charge in [-0.2, -0.15) is 0 Å². The molecule has 0 aromatic heterocycles. The Bertz CT molecular complexity index is 785. The Labute approximate surface area is 149 Å². The van der Waals surface area contributed by atoms with Crippen molar-refractivity contribution in [3.8, 4) is 0 Å². The maximum absolute atomic E-state index is 12.8. The van der Waals surface area contributed by atoms with Crippen molar-refractivity contribution in [3.63, 3.8) is 0 Å². The molecule has 3 rings (SSSR count). The number of carbonyl (C=O) groups is 3. The number of hydrogen-bond donors (Lipinski definition) is 1. The molecule has 2 aliphatic heterocycles. The number of benzene rings is 1. The number of likely N-dealkylation sites (tertiary alicyclic amines) is 1. The highest BCUT2D eigenvalue weighted by Gasteiger charge is 2.44. The van der Waals surface area contributed by atoms with Crippen molar-refractivity contribution in [2.24, 2.45) is 5.92 Å². The van der Waals surface area contributed by atoms with Crippen molar-refractivity contribution in [3.05, 3.63) is 33.9 Å². The van der Waals surface area contributed by atoms with Gasteiger partial charge in [-0.1, -0.05) is 6.07 Å². The van der Waals surface area contributed by atoms with Crippen LogP contribution < -0.4 is 4.90 Å². The summed E-state index contributed by atoms with van der Waals surface area (Å²) in [5.74, 6) is -2.07. The number of rotatable bonds is 4. The van der Waals surface area contributed by atoms with Crippen molar-refractivity contribution >= 4 is 29.2 Å². The molecule has 0 bridgehead atoms. The topological polar surface area (TPSA) is 121 Å². The van der Waals surface area contributed by atoms with Crippen LogP contribution in [-0.4, -0.2) is 51.8 Å². The second-order valence-corrected chi connectivity index (χ2v) is 6.66. The maximum atomic E-state index is 12.8. The highest BCUT2D eigenvalue weighted by Crippen LogP contribution is 2.32. The van der Waals surface area contributed by atoms with Crippen LogP contribution in [0.15, 0.2) is 18.2 Å². The van der Waals surface area contributed by atoms with E-state index in [1.807, 2.05) is 4.90 Å². The number of carbonyl (C=O) groups excluding carboxylic acids is 2. The SMILES string of the molecule is Cc1ccc([N+](=O)[O-])cc1N1C(=O)C[C@H](N2CCC(C(=O)O)CC2)C1=O. The van der Waals surface area contributed by atoms with Gasteiger partial charge in [0.1, 0.15) is 0 Å². The molecule has 2 heterocycles. The minimum atomic E-state index is -0.840. The van der Waals surface area contributed by atoms with Crippen LogP contribution in [0.2, 0.25) is 0 Å². The molecule has 0 spiro atoms. The lowest BCUT2D eigenvalue weighted by molar-refractivity contribution is -0.384. The first-order chi connectivity index (χ1) is 12.3. The van der Waals surface area contributed by atoms with E-state index in [4.69, 9.17) is 5.11 Å². The van der Waals surface area contributed by atoms with Crippen LogP contribution in [0.3, 0.4) is 0 Å². The Hall–Kier alpha value is -2.81. The number of nitrogens with zero attached hydrogens (tertiary/aromatic N) is 3. The molecule has 1 aromatic rings. The molecule has 0 saturated carbocycles. The summed E-state index contributed by atoms with van der Waals surface area (Å²) in [7, 11) is 0. The fraction of sp³-hybridized carbons (Fsp3) is 0.471. The summed E-state index contributed by atoms with van der Waals surface area (Å²) in [6.07, 6.45) is 0.866. The fourth-order valence-corrected chi connectivity index (χ4v) is 3.56. The average molecular weight is 361 g/mol. The minimum Gasteiger partial charge on any atom is -0.481 e. The van der Waals surface area contributed by atoms with E-state index >= 15 is 0 Å². The van der Waals surface area contributed by atoms with E-state index in [0.717, 1.165) is 4.90 Å². The summed E-state index contributed by atoms with van der Waals surface area (Å²) in [6, 6.07) is 3.44. The molecule has 1 atom stereocenters. The number of aliphatic carboxylic acids is 1. The quantitative estimate of drug-likeness (QED) is 0.488. The van der Waals surface area contributed by atoms with E-state index < -0.39 is 34.7 Å². The largest absolute Gasteiger partial charge is 0.481 e. The van der Waals surface area contributed by atoms with Crippen molar-refractivity contribution in [1.29, 1.82) is 0 Å². The summed E-state index contributed by atoms with van der Waals surface area (Å²) in [5, 5.41) is 20.1. The lowest BCUT2D eigenvalue weighted by atomic mass is 9.95. The summed E-state index contributed by atoms with van der Waals surface area (Å²) in [4.78, 5) is 49.7. The van der Waals surface area contributed by atoms with Gasteiger partial charge in [0.25, 0.3) is 11.6 Å². The van der Waals surface area contributed by atoms with Crippen LogP contribution in [0.1, 0.15) is 24.8 Å². The van der Waals surface area contributed by atoms with Gasteiger partial charge in [-0.25, -0.2) is 4.90 Å². The molecular weight excluding hydrogens is 342 g/mol. The molecule has 2 saturated heterocycles. The van der Waals surface area contributed by atoms with Crippen LogP contribution in [0.4, 0.5) is 11.4 Å². The second-order valence-electron chi connectivity index (χ2n) is 6.66. The van der Waals surface area contributed by atoms with Crippen LogP contribution in [0.5, 0.6) is 0 Å². The third-order valence-corrected chi connectivity index (χ3v) is 5.09. The number of amides is 2. The highest BCUT2D eigenvalue weighted by molar-refractivity contribution is 6.22. The molecule has 1 N–H and O–H groups in total. The number of aryl methyl sites for hydroxylation is 1. The predicted octanol–water partition coefficient (Wildman–Crippen LogP) is 1.33. The average Bonchev–Trinajstić information content (AvgIpc) is 2.90. The van der Waals surface area contributed by atoms with Crippen molar-refractivity contribution in [1.82, 2.24) is 4.90 Å². The van der Waals surface area contributed by atoms with Gasteiger partial charge in [0.15, 0.2) is 0 Å². The van der Waals surface area contributed by atoms with Gasteiger partial charge in [0, 0.05) is 12.1 Å². The van der Waals surface area contributed by atoms with Gasteiger partial charge in [0.05, 0.1) is 29.0 Å². The Morgan fingerprint density at radius 1 is 1.27 bits per heavy atom. The number of hydrogen-bond acceptors (Lipinski definition) is 6. The molecule has 2 aliphatic rings. The van der Waals surface area contributed by atoms with Crippen LogP contribution in [0.25, 0.3) is 0 Å². The van der Waals surface area contributed by atoms with Crippen molar-refractivity contribution in [2.75, 3.05) is 18.0 Å². The van der Waals surface area contributed by atoms with Crippen molar-refractivity contribution < 1.29 is 24.4 Å². The van der Waals surface area contributed by atoms with Gasteiger partial charge in [-0.05, 0) is 38.4 Å². The number of carboxylic acid groups (broad SMARTS) is 1. The van der Waals surface area contributed by atoms with E-state index in [2.05, 4.69) is 0 Å². The highest BCUT2D eigenvalue weighted by atomic mass is 16.6. The number of nitro benzene ring substituents is 1. The molecule has 2 amide bonds. The number of piperidine rings is 1. The lowest BCUT2D eigenvalue weighted by Gasteiger charge is -2.33. The Kier molecular flexibility index (Phi) is 4.73. The first kappa shape index (κ1) is 18.0. The molecule has 0 radical (unpaired) electrons. The molecule has 0 aliphatic carbocycles. The molecule has 1 aromatic carbocycles. The number of anilines is 1. The molecule has 138 valence electrons. The number of carboxylic acids is 1. The van der Waals surface area contributed by atoms with E-state index in [9.17, 15) is 24.5 Å². The smallest absolute Gasteiger partial charge is 0.306 e. The number of non-ortho nitro benzene ring substituents is 1. The third kappa shape index (κ3) is 3.17. The maximum Gasteiger partial charge on any atom is 0.306 e. The van der Waals surface area contributed by atoms with Gasteiger partial charge in [-0.3, -0.25) is 29.4 Å². The summed E-state index contributed by atoms with van der Waals surface area (Å²) >= 11 is 0. The summed E-state index contributed by atoms with van der Waals surface area (Å²) in [5.41, 5.74) is 0.650. The van der Waals surface area contributed by atoms with Crippen LogP contribution in [0, 0.1) is 23.0 Å². The van der Waals surface area contributed by atoms with Crippen LogP contribution >= 0.6 is 0 Å². The number of nitro groups is 1. The van der Waals surface area contributed by atoms with Crippen molar-refractivity contribution in [2.45, 2.75) is 32.2 Å². The van der Waals surface area contributed by atoms with E-state index in [1.165, 1.54) is 18.2 Å². The van der Waals surface area contributed by atoms with E-state index in [1.54, 1.807) is 6.92 Å². The van der Waals surface area contributed by atoms with Crippen LogP contribution in [-0.2, 0) is 14.4 Å². The standard InChI is InChI=1S/C17H19N3O6/c1-10-2-3-12(20(25)26)8-13(10)19-15(21)9-14(16(19)22)18-6-4-11(5-7-18)17(23)24/h2-3,8,11,14H,4-7,9H2,1H3,(H,23,24)/t14-/m0/s1. The second kappa shape index (κ2) is 6.83. The molecule has 0 unspecified atom stereocenters. The van der Waals surface area contributed by atoms with Gasteiger partial charge < -0.3 is 5.11 Å². The first-order valence-electron chi connectivity index (χ1n) is 8.38.